The Bertz CT molecular complexity index is 1020. The maximum absolute atomic E-state index is 13.0. The summed E-state index contributed by atoms with van der Waals surface area (Å²) in [5, 5.41) is 6.61. The van der Waals surface area contributed by atoms with Crippen molar-refractivity contribution in [2.75, 3.05) is 13.2 Å². The SMILES string of the molecule is O=C(NC1c2ccccc2Oc2cc(OCC3CCCCCCCCCCCCC3)ccc21)[C@@H]1CCCN1. The minimum Gasteiger partial charge on any atom is -0.493 e. The summed E-state index contributed by atoms with van der Waals surface area (Å²) in [6, 6.07) is 13.8. The third-order valence-corrected chi connectivity index (χ3v) is 8.62. The molecule has 0 spiro atoms. The number of amides is 1. The molecule has 206 valence electrons. The first-order valence-corrected chi connectivity index (χ1v) is 15.4. The van der Waals surface area contributed by atoms with Gasteiger partial charge in [0.05, 0.1) is 18.7 Å². The fourth-order valence-electron chi connectivity index (χ4n) is 6.32. The van der Waals surface area contributed by atoms with Crippen LogP contribution in [0.1, 0.15) is 113 Å². The number of hydrogen-bond acceptors (Lipinski definition) is 4. The van der Waals surface area contributed by atoms with Crippen LogP contribution in [0.5, 0.6) is 17.2 Å². The van der Waals surface area contributed by atoms with Gasteiger partial charge in [-0.1, -0.05) is 88.8 Å². The molecule has 1 unspecified atom stereocenters. The van der Waals surface area contributed by atoms with Crippen LogP contribution in [0.3, 0.4) is 0 Å². The van der Waals surface area contributed by atoms with Gasteiger partial charge in [-0.15, -0.1) is 0 Å². The van der Waals surface area contributed by atoms with Crippen LogP contribution in [0.2, 0.25) is 0 Å². The Kier molecular flexibility index (Phi) is 9.99. The van der Waals surface area contributed by atoms with Gasteiger partial charge in [-0.25, -0.2) is 0 Å². The lowest BCUT2D eigenvalue weighted by atomic mass is 9.93. The lowest BCUT2D eigenvalue weighted by Crippen LogP contribution is -2.42. The average molecular weight is 519 g/mol. The van der Waals surface area contributed by atoms with Gasteiger partial charge in [-0.05, 0) is 56.3 Å². The molecule has 5 nitrogen and oxygen atoms in total. The number of benzene rings is 2. The van der Waals surface area contributed by atoms with Gasteiger partial charge in [0.25, 0.3) is 0 Å². The summed E-state index contributed by atoms with van der Waals surface area (Å²) < 4.78 is 12.7. The number of para-hydroxylation sites is 1. The Morgan fingerprint density at radius 2 is 1.45 bits per heavy atom. The van der Waals surface area contributed by atoms with Gasteiger partial charge in [0.2, 0.25) is 5.91 Å². The normalized spacial score (nSPS) is 23.4. The minimum absolute atomic E-state index is 0.0595. The molecule has 2 fully saturated rings. The van der Waals surface area contributed by atoms with Crippen molar-refractivity contribution in [3.8, 4) is 17.2 Å². The number of carbonyl (C=O) groups excluding carboxylic acids is 1. The lowest BCUT2D eigenvalue weighted by Gasteiger charge is -2.30. The molecule has 2 aromatic carbocycles. The van der Waals surface area contributed by atoms with E-state index in [4.69, 9.17) is 9.47 Å². The Hall–Kier alpha value is -2.53. The third kappa shape index (κ3) is 7.31. The molecule has 1 amide bonds. The van der Waals surface area contributed by atoms with Gasteiger partial charge in [0, 0.05) is 17.2 Å². The zero-order chi connectivity index (χ0) is 26.0. The first-order chi connectivity index (χ1) is 18.8. The summed E-state index contributed by atoms with van der Waals surface area (Å²) >= 11 is 0. The Labute approximate surface area is 229 Å². The Balaban J connectivity index is 1.24. The molecule has 2 N–H and O–H groups in total. The molecule has 1 saturated heterocycles. The quantitative estimate of drug-likeness (QED) is 0.423. The van der Waals surface area contributed by atoms with Crippen LogP contribution in [0, 0.1) is 5.92 Å². The Morgan fingerprint density at radius 1 is 0.789 bits per heavy atom. The van der Waals surface area contributed by atoms with Gasteiger partial charge in [-0.2, -0.15) is 0 Å². The first-order valence-electron chi connectivity index (χ1n) is 15.4. The predicted octanol–water partition coefficient (Wildman–Crippen LogP) is 7.83. The maximum atomic E-state index is 13.0. The summed E-state index contributed by atoms with van der Waals surface area (Å²) in [7, 11) is 0. The van der Waals surface area contributed by atoms with E-state index >= 15 is 0 Å². The van der Waals surface area contributed by atoms with Gasteiger partial charge >= 0.3 is 0 Å². The largest absolute Gasteiger partial charge is 0.493 e. The van der Waals surface area contributed by atoms with Crippen LogP contribution >= 0.6 is 0 Å². The van der Waals surface area contributed by atoms with Crippen LogP contribution in [-0.2, 0) is 4.79 Å². The molecule has 2 atom stereocenters. The zero-order valence-electron chi connectivity index (χ0n) is 23.0. The van der Waals surface area contributed by atoms with E-state index in [1.807, 2.05) is 36.4 Å². The molecule has 1 saturated carbocycles. The van der Waals surface area contributed by atoms with E-state index in [1.165, 1.54) is 83.5 Å². The van der Waals surface area contributed by atoms with Crippen LogP contribution in [0.25, 0.3) is 0 Å². The van der Waals surface area contributed by atoms with Crippen molar-refractivity contribution in [3.05, 3.63) is 53.6 Å². The monoisotopic (exact) mass is 518 g/mol. The van der Waals surface area contributed by atoms with Gasteiger partial charge in [-0.3, -0.25) is 4.79 Å². The standard InChI is InChI=1S/C33H46N2O3/c36-33(29-18-14-22-34-29)35-32-27-17-12-13-19-30(27)38-31-23-26(20-21-28(31)32)37-24-25-15-10-8-6-4-2-1-3-5-7-9-11-16-25/h12-13,17,19-21,23,25,29,32,34H,1-11,14-16,18,22,24H2,(H,35,36)/t29-,32?/m0/s1. The van der Waals surface area contributed by atoms with Gasteiger partial charge in [0.1, 0.15) is 17.2 Å². The molecule has 2 aliphatic heterocycles. The van der Waals surface area contributed by atoms with Crippen LogP contribution in [0.15, 0.2) is 42.5 Å². The molecular formula is C33H46N2O3. The average Bonchev–Trinajstić information content (AvgIpc) is 3.48. The van der Waals surface area contributed by atoms with Crippen LogP contribution in [-0.4, -0.2) is 25.1 Å². The summed E-state index contributed by atoms with van der Waals surface area (Å²) in [5.74, 6) is 3.10. The molecule has 5 rings (SSSR count). The highest BCUT2D eigenvalue weighted by atomic mass is 16.5. The molecule has 2 aromatic rings. The molecule has 2 heterocycles. The predicted molar refractivity (Wildman–Crippen MR) is 153 cm³/mol. The van der Waals surface area contributed by atoms with E-state index in [1.54, 1.807) is 0 Å². The number of carbonyl (C=O) groups is 1. The van der Waals surface area contributed by atoms with Gasteiger partial charge < -0.3 is 20.1 Å². The highest BCUT2D eigenvalue weighted by Gasteiger charge is 2.31. The third-order valence-electron chi connectivity index (χ3n) is 8.62. The van der Waals surface area contributed by atoms with E-state index in [2.05, 4.69) is 16.7 Å². The van der Waals surface area contributed by atoms with E-state index in [0.29, 0.717) is 5.92 Å². The van der Waals surface area contributed by atoms with Crippen molar-refractivity contribution in [1.29, 1.82) is 0 Å². The van der Waals surface area contributed by atoms with Crippen molar-refractivity contribution in [2.45, 2.75) is 108 Å². The second-order valence-electron chi connectivity index (χ2n) is 11.6. The number of rotatable bonds is 5. The molecule has 0 bridgehead atoms. The highest BCUT2D eigenvalue weighted by Crippen LogP contribution is 2.44. The van der Waals surface area contributed by atoms with E-state index in [-0.39, 0.29) is 18.0 Å². The smallest absolute Gasteiger partial charge is 0.237 e. The summed E-state index contributed by atoms with van der Waals surface area (Å²) in [5.41, 5.74) is 1.99. The molecule has 5 heteroatoms. The fraction of sp³-hybridized carbons (Fsp3) is 0.606. The van der Waals surface area contributed by atoms with Crippen molar-refractivity contribution in [2.24, 2.45) is 5.92 Å². The van der Waals surface area contributed by atoms with Crippen LogP contribution in [0.4, 0.5) is 0 Å². The first kappa shape index (κ1) is 27.1. The molecule has 3 aliphatic rings. The minimum atomic E-state index is -0.224. The maximum Gasteiger partial charge on any atom is 0.237 e. The summed E-state index contributed by atoms with van der Waals surface area (Å²) in [6.07, 6.45) is 19.6. The van der Waals surface area contributed by atoms with E-state index in [0.717, 1.165) is 54.4 Å². The number of ether oxygens (including phenoxy) is 2. The van der Waals surface area contributed by atoms with Gasteiger partial charge in [0.15, 0.2) is 0 Å². The molecule has 0 aromatic heterocycles. The number of hydrogen-bond donors (Lipinski definition) is 2. The van der Waals surface area contributed by atoms with Crippen molar-refractivity contribution in [3.63, 3.8) is 0 Å². The van der Waals surface area contributed by atoms with Crippen molar-refractivity contribution >= 4 is 5.91 Å². The molecular weight excluding hydrogens is 472 g/mol. The molecule has 0 radical (unpaired) electrons. The highest BCUT2D eigenvalue weighted by molar-refractivity contribution is 5.83. The van der Waals surface area contributed by atoms with Crippen molar-refractivity contribution in [1.82, 2.24) is 10.6 Å². The molecule has 38 heavy (non-hydrogen) atoms. The zero-order valence-corrected chi connectivity index (χ0v) is 23.0. The van der Waals surface area contributed by atoms with E-state index < -0.39 is 0 Å². The van der Waals surface area contributed by atoms with E-state index in [9.17, 15) is 4.79 Å². The Morgan fingerprint density at radius 3 is 2.13 bits per heavy atom. The summed E-state index contributed by atoms with van der Waals surface area (Å²) in [4.78, 5) is 13.0. The molecule has 1 aliphatic carbocycles. The lowest BCUT2D eigenvalue weighted by molar-refractivity contribution is -0.123. The summed E-state index contributed by atoms with van der Waals surface area (Å²) in [6.45, 7) is 1.67. The van der Waals surface area contributed by atoms with Crippen molar-refractivity contribution < 1.29 is 14.3 Å². The number of nitrogens with one attached hydrogen (secondary N) is 2. The second kappa shape index (κ2) is 14.0. The fourth-order valence-corrected chi connectivity index (χ4v) is 6.32. The number of fused-ring (bicyclic) bond motifs is 2. The van der Waals surface area contributed by atoms with Crippen LogP contribution < -0.4 is 20.1 Å². The topological polar surface area (TPSA) is 59.6 Å². The second-order valence-corrected chi connectivity index (χ2v) is 11.6.